The molecule has 2 saturated heterocycles. The summed E-state index contributed by atoms with van der Waals surface area (Å²) in [6, 6.07) is -1.20. The first-order valence-electron chi connectivity index (χ1n) is 10.1. The Labute approximate surface area is 164 Å². The molecule has 2 N–H and O–H groups in total. The van der Waals surface area contributed by atoms with Gasteiger partial charge < -0.3 is 25.3 Å². The quantitative estimate of drug-likeness (QED) is 0.595. The number of nitrogens with one attached hydrogen (secondary N) is 2. The minimum Gasteiger partial charge on any atom is -0.345 e. The number of hydrogen-bond donors (Lipinski definition) is 2. The molecule has 2 aliphatic heterocycles. The third kappa shape index (κ3) is 7.46. The zero-order valence-corrected chi connectivity index (χ0v) is 16.6. The van der Waals surface area contributed by atoms with Crippen molar-refractivity contribution >= 4 is 11.9 Å². The number of piperazine rings is 1. The van der Waals surface area contributed by atoms with Crippen LogP contribution in [0.15, 0.2) is 0 Å². The van der Waals surface area contributed by atoms with Crippen LogP contribution in [-0.2, 0) is 4.79 Å². The van der Waals surface area contributed by atoms with E-state index in [9.17, 15) is 22.8 Å². The van der Waals surface area contributed by atoms with Crippen LogP contribution in [0, 0.1) is 0 Å². The van der Waals surface area contributed by atoms with Crippen LogP contribution in [0.2, 0.25) is 0 Å². The summed E-state index contributed by atoms with van der Waals surface area (Å²) in [5.74, 6) is -0.740. The highest BCUT2D eigenvalue weighted by molar-refractivity contribution is 5.87. The van der Waals surface area contributed by atoms with Crippen LogP contribution in [0.1, 0.15) is 32.6 Å². The van der Waals surface area contributed by atoms with Crippen LogP contribution in [0.5, 0.6) is 0 Å². The number of amides is 3. The molecular formula is C18H32F3N5O2. The fourth-order valence-corrected chi connectivity index (χ4v) is 3.67. The molecule has 0 aromatic rings. The third-order valence-corrected chi connectivity index (χ3v) is 5.37. The predicted molar refractivity (Wildman–Crippen MR) is 100.0 cm³/mol. The number of hydrogen-bond acceptors (Lipinski definition) is 4. The van der Waals surface area contributed by atoms with Crippen LogP contribution >= 0.6 is 0 Å². The molecule has 2 heterocycles. The Kier molecular flexibility index (Phi) is 8.81. The van der Waals surface area contributed by atoms with Crippen molar-refractivity contribution in [1.82, 2.24) is 25.3 Å². The van der Waals surface area contributed by atoms with Gasteiger partial charge >= 0.3 is 12.2 Å². The molecule has 0 radical (unpaired) electrons. The van der Waals surface area contributed by atoms with Gasteiger partial charge in [-0.1, -0.05) is 6.92 Å². The van der Waals surface area contributed by atoms with Gasteiger partial charge in [0, 0.05) is 39.3 Å². The zero-order valence-electron chi connectivity index (χ0n) is 16.6. The van der Waals surface area contributed by atoms with Crippen LogP contribution in [0.25, 0.3) is 0 Å². The average molecular weight is 407 g/mol. The van der Waals surface area contributed by atoms with Gasteiger partial charge in [0.25, 0.3) is 0 Å². The van der Waals surface area contributed by atoms with Crippen LogP contribution < -0.4 is 10.6 Å². The van der Waals surface area contributed by atoms with E-state index in [0.717, 1.165) is 52.1 Å². The first kappa shape index (κ1) is 22.7. The number of alkyl halides is 3. The molecule has 1 atom stereocenters. The van der Waals surface area contributed by atoms with Gasteiger partial charge in [-0.25, -0.2) is 4.79 Å². The van der Waals surface area contributed by atoms with E-state index in [4.69, 9.17) is 0 Å². The maximum Gasteiger partial charge on any atom is 0.405 e. The monoisotopic (exact) mass is 407 g/mol. The summed E-state index contributed by atoms with van der Waals surface area (Å²) < 4.78 is 36.8. The molecule has 10 heteroatoms. The van der Waals surface area contributed by atoms with Gasteiger partial charge in [0.1, 0.15) is 12.6 Å². The standard InChI is InChI=1S/C18H32F3N5O2/c1-2-24-10-12-25(13-11-24)8-4-3-7-22-17(28)26-9-5-6-15(26)16(27)23-14-18(19,20)21/h15H,2-14H2,1H3,(H,22,28)(H,23,27). The predicted octanol–water partition coefficient (Wildman–Crippen LogP) is 1.26. The first-order valence-corrected chi connectivity index (χ1v) is 10.1. The number of likely N-dealkylation sites (tertiary alicyclic amines) is 1. The molecule has 2 rings (SSSR count). The number of halogens is 3. The van der Waals surface area contributed by atoms with Crippen LogP contribution in [-0.4, -0.2) is 97.8 Å². The van der Waals surface area contributed by atoms with E-state index in [1.807, 2.05) is 5.32 Å². The molecule has 28 heavy (non-hydrogen) atoms. The lowest BCUT2D eigenvalue weighted by molar-refractivity contribution is -0.140. The lowest BCUT2D eigenvalue weighted by Crippen LogP contribution is -2.51. The lowest BCUT2D eigenvalue weighted by Gasteiger charge is -2.34. The van der Waals surface area contributed by atoms with Gasteiger partial charge in [-0.2, -0.15) is 13.2 Å². The van der Waals surface area contributed by atoms with Crippen molar-refractivity contribution in [2.75, 3.05) is 58.9 Å². The second-order valence-corrected chi connectivity index (χ2v) is 7.40. The van der Waals surface area contributed by atoms with E-state index in [0.29, 0.717) is 25.9 Å². The van der Waals surface area contributed by atoms with Gasteiger partial charge in [-0.15, -0.1) is 0 Å². The molecule has 3 amide bonds. The van der Waals surface area contributed by atoms with Crippen molar-refractivity contribution in [2.24, 2.45) is 0 Å². The van der Waals surface area contributed by atoms with Gasteiger partial charge in [-0.05, 0) is 38.8 Å². The van der Waals surface area contributed by atoms with E-state index < -0.39 is 24.7 Å². The largest absolute Gasteiger partial charge is 0.405 e. The molecule has 0 aromatic heterocycles. The fraction of sp³-hybridized carbons (Fsp3) is 0.889. The minimum atomic E-state index is -4.45. The van der Waals surface area contributed by atoms with Gasteiger partial charge in [-0.3, -0.25) is 4.79 Å². The van der Waals surface area contributed by atoms with Gasteiger partial charge in [0.15, 0.2) is 0 Å². The Hall–Kier alpha value is -1.55. The number of unbranched alkanes of at least 4 members (excludes halogenated alkanes) is 1. The van der Waals surface area contributed by atoms with Crippen molar-refractivity contribution < 1.29 is 22.8 Å². The molecule has 2 fully saturated rings. The molecular weight excluding hydrogens is 375 g/mol. The Morgan fingerprint density at radius 3 is 2.32 bits per heavy atom. The van der Waals surface area contributed by atoms with Gasteiger partial charge in [0.05, 0.1) is 0 Å². The van der Waals surface area contributed by atoms with Crippen LogP contribution in [0.4, 0.5) is 18.0 Å². The molecule has 162 valence electrons. The molecule has 0 aliphatic carbocycles. The van der Waals surface area contributed by atoms with E-state index in [2.05, 4.69) is 22.0 Å². The van der Waals surface area contributed by atoms with Crippen molar-refractivity contribution in [3.05, 3.63) is 0 Å². The van der Waals surface area contributed by atoms with Crippen molar-refractivity contribution in [3.8, 4) is 0 Å². The number of carbonyl (C=O) groups is 2. The zero-order chi connectivity index (χ0) is 20.6. The molecule has 0 saturated carbocycles. The van der Waals surface area contributed by atoms with Crippen molar-refractivity contribution in [1.29, 1.82) is 0 Å². The number of urea groups is 1. The van der Waals surface area contributed by atoms with E-state index in [1.165, 1.54) is 4.90 Å². The summed E-state index contributed by atoms with van der Waals surface area (Å²) in [6.07, 6.45) is -1.65. The number of rotatable bonds is 8. The molecule has 7 nitrogen and oxygen atoms in total. The maximum atomic E-state index is 12.3. The molecule has 0 spiro atoms. The Morgan fingerprint density at radius 1 is 1.00 bits per heavy atom. The lowest BCUT2D eigenvalue weighted by atomic mass is 10.2. The van der Waals surface area contributed by atoms with E-state index >= 15 is 0 Å². The summed E-state index contributed by atoms with van der Waals surface area (Å²) in [4.78, 5) is 30.4. The smallest absolute Gasteiger partial charge is 0.345 e. The maximum absolute atomic E-state index is 12.3. The summed E-state index contributed by atoms with van der Waals surface area (Å²) in [5.41, 5.74) is 0. The van der Waals surface area contributed by atoms with Crippen molar-refractivity contribution in [2.45, 2.75) is 44.8 Å². The highest BCUT2D eigenvalue weighted by atomic mass is 19.4. The Bertz CT molecular complexity index is 510. The summed E-state index contributed by atoms with van der Waals surface area (Å²) in [5, 5.41) is 4.67. The van der Waals surface area contributed by atoms with Crippen molar-refractivity contribution in [3.63, 3.8) is 0 Å². The second kappa shape index (κ2) is 10.8. The summed E-state index contributed by atoms with van der Waals surface area (Å²) in [6.45, 7) is 8.11. The number of likely N-dealkylation sites (N-methyl/N-ethyl adjacent to an activating group) is 1. The third-order valence-electron chi connectivity index (χ3n) is 5.37. The molecule has 0 aromatic carbocycles. The average Bonchev–Trinajstić information content (AvgIpc) is 3.15. The molecule has 0 bridgehead atoms. The normalized spacial score (nSPS) is 21.7. The van der Waals surface area contributed by atoms with Gasteiger partial charge in [0.2, 0.25) is 5.91 Å². The molecule has 1 unspecified atom stereocenters. The first-order chi connectivity index (χ1) is 13.3. The topological polar surface area (TPSA) is 67.9 Å². The second-order valence-electron chi connectivity index (χ2n) is 7.40. The summed E-state index contributed by atoms with van der Waals surface area (Å²) >= 11 is 0. The van der Waals surface area contributed by atoms with Crippen LogP contribution in [0.3, 0.4) is 0 Å². The molecule has 2 aliphatic rings. The fourth-order valence-electron chi connectivity index (χ4n) is 3.67. The highest BCUT2D eigenvalue weighted by Crippen LogP contribution is 2.18. The number of carbonyl (C=O) groups excluding carboxylic acids is 2. The highest BCUT2D eigenvalue weighted by Gasteiger charge is 2.36. The Balaban J connectivity index is 1.62. The minimum absolute atomic E-state index is 0.374. The Morgan fingerprint density at radius 2 is 1.68 bits per heavy atom. The number of nitrogens with zero attached hydrogens (tertiary/aromatic N) is 3. The van der Waals surface area contributed by atoms with E-state index in [1.54, 1.807) is 0 Å². The SMILES string of the molecule is CCN1CCN(CCCCNC(=O)N2CCCC2C(=O)NCC(F)(F)F)CC1. The summed E-state index contributed by atoms with van der Waals surface area (Å²) in [7, 11) is 0. The van der Waals surface area contributed by atoms with E-state index in [-0.39, 0.29) is 6.03 Å².